The second-order valence-corrected chi connectivity index (χ2v) is 2.28. The fourth-order valence-electron chi connectivity index (χ4n) is 0.669. The van der Waals surface area contributed by atoms with Crippen molar-refractivity contribution in [1.82, 2.24) is 0 Å². The molecule has 1 atom stereocenters. The van der Waals surface area contributed by atoms with Crippen LogP contribution in [0.4, 0.5) is 0 Å². The van der Waals surface area contributed by atoms with Crippen LogP contribution in [0.15, 0.2) is 0 Å². The van der Waals surface area contributed by atoms with E-state index in [2.05, 4.69) is 0 Å². The summed E-state index contributed by atoms with van der Waals surface area (Å²) >= 11 is 0. The number of rotatable bonds is 7. The van der Waals surface area contributed by atoms with Gasteiger partial charge in [-0.1, -0.05) is 0 Å². The average molecular weight is 177 g/mol. The average Bonchev–Trinajstić information content (AvgIpc) is 2.04. The van der Waals surface area contributed by atoms with Gasteiger partial charge in [-0.3, -0.25) is 0 Å². The van der Waals surface area contributed by atoms with Crippen LogP contribution in [0.25, 0.3) is 0 Å². The molecule has 0 saturated heterocycles. The molecule has 0 heterocycles. The predicted molar refractivity (Wildman–Crippen MR) is 42.9 cm³/mol. The van der Waals surface area contributed by atoms with Gasteiger partial charge in [-0.05, 0) is 6.42 Å². The molecular weight excluding hydrogens is 162 g/mol. The second kappa shape index (κ2) is 7.02. The number of ether oxygens (including phenoxy) is 2. The van der Waals surface area contributed by atoms with E-state index in [1.54, 1.807) is 7.11 Å². The zero-order valence-electron chi connectivity index (χ0n) is 7.16. The highest BCUT2D eigenvalue weighted by molar-refractivity contribution is 5.72. The van der Waals surface area contributed by atoms with Crippen molar-refractivity contribution >= 4 is 5.97 Å². The van der Waals surface area contributed by atoms with E-state index in [-0.39, 0.29) is 6.54 Å². The largest absolute Gasteiger partial charge is 0.479 e. The number of methoxy groups -OCH3 is 1. The molecule has 5 nitrogen and oxygen atoms in total. The van der Waals surface area contributed by atoms with Gasteiger partial charge in [0.2, 0.25) is 0 Å². The van der Waals surface area contributed by atoms with Crippen molar-refractivity contribution < 1.29 is 19.4 Å². The van der Waals surface area contributed by atoms with Crippen molar-refractivity contribution in [3.63, 3.8) is 0 Å². The standard InChI is InChI=1S/C7H15NO4/c1-11-3-2-4-12-6(5-8)7(9)10/h6H,2-5,8H2,1H3,(H,9,10). The summed E-state index contributed by atoms with van der Waals surface area (Å²) in [6.07, 6.45) is -0.206. The summed E-state index contributed by atoms with van der Waals surface area (Å²) in [5.74, 6) is -1.02. The summed E-state index contributed by atoms with van der Waals surface area (Å²) in [7, 11) is 1.58. The SMILES string of the molecule is COCCCOC(CN)C(=O)O. The molecule has 0 aliphatic rings. The zero-order chi connectivity index (χ0) is 9.40. The van der Waals surface area contributed by atoms with Gasteiger partial charge in [-0.15, -0.1) is 0 Å². The minimum absolute atomic E-state index is 0.00230. The third-order valence-corrected chi connectivity index (χ3v) is 1.30. The molecule has 0 aromatic carbocycles. The fraction of sp³-hybridized carbons (Fsp3) is 0.857. The van der Waals surface area contributed by atoms with Crippen LogP contribution in [-0.4, -0.2) is 44.0 Å². The Balaban J connectivity index is 3.38. The summed E-state index contributed by atoms with van der Waals surface area (Å²) in [6, 6.07) is 0. The minimum atomic E-state index is -1.02. The van der Waals surface area contributed by atoms with Crippen molar-refractivity contribution in [3.05, 3.63) is 0 Å². The van der Waals surface area contributed by atoms with Crippen molar-refractivity contribution in [2.45, 2.75) is 12.5 Å². The van der Waals surface area contributed by atoms with Gasteiger partial charge >= 0.3 is 5.97 Å². The number of hydrogen-bond acceptors (Lipinski definition) is 4. The van der Waals surface area contributed by atoms with Gasteiger partial charge in [-0.2, -0.15) is 0 Å². The summed E-state index contributed by atoms with van der Waals surface area (Å²) in [6.45, 7) is 0.932. The highest BCUT2D eigenvalue weighted by Gasteiger charge is 2.14. The maximum absolute atomic E-state index is 10.4. The molecule has 0 bridgehead atoms. The third kappa shape index (κ3) is 5.06. The number of aliphatic carboxylic acids is 1. The van der Waals surface area contributed by atoms with E-state index in [1.165, 1.54) is 0 Å². The first-order chi connectivity index (χ1) is 5.72. The highest BCUT2D eigenvalue weighted by Crippen LogP contribution is 1.92. The van der Waals surface area contributed by atoms with E-state index in [1.807, 2.05) is 0 Å². The first-order valence-corrected chi connectivity index (χ1v) is 3.75. The van der Waals surface area contributed by atoms with Crippen molar-refractivity contribution in [1.29, 1.82) is 0 Å². The Kier molecular flexibility index (Phi) is 6.64. The van der Waals surface area contributed by atoms with Crippen molar-refractivity contribution in [2.24, 2.45) is 5.73 Å². The zero-order valence-corrected chi connectivity index (χ0v) is 7.16. The minimum Gasteiger partial charge on any atom is -0.479 e. The topological polar surface area (TPSA) is 81.8 Å². The van der Waals surface area contributed by atoms with E-state index in [4.69, 9.17) is 20.3 Å². The Morgan fingerprint density at radius 2 is 2.25 bits per heavy atom. The third-order valence-electron chi connectivity index (χ3n) is 1.30. The molecule has 0 fully saturated rings. The van der Waals surface area contributed by atoms with E-state index in [0.717, 1.165) is 0 Å². The molecule has 72 valence electrons. The summed E-state index contributed by atoms with van der Waals surface area (Å²) in [4.78, 5) is 10.4. The molecule has 0 radical (unpaired) electrons. The Hall–Kier alpha value is -0.650. The molecule has 0 amide bonds. The smallest absolute Gasteiger partial charge is 0.334 e. The molecule has 5 heteroatoms. The van der Waals surface area contributed by atoms with Gasteiger partial charge in [0.05, 0.1) is 0 Å². The van der Waals surface area contributed by atoms with Crippen LogP contribution in [0.1, 0.15) is 6.42 Å². The van der Waals surface area contributed by atoms with Gasteiger partial charge < -0.3 is 20.3 Å². The van der Waals surface area contributed by atoms with Crippen LogP contribution in [0.5, 0.6) is 0 Å². The van der Waals surface area contributed by atoms with Crippen LogP contribution in [0.2, 0.25) is 0 Å². The first kappa shape index (κ1) is 11.4. The van der Waals surface area contributed by atoms with Crippen LogP contribution in [0.3, 0.4) is 0 Å². The maximum Gasteiger partial charge on any atom is 0.334 e. The van der Waals surface area contributed by atoms with E-state index >= 15 is 0 Å². The maximum atomic E-state index is 10.4. The lowest BCUT2D eigenvalue weighted by Crippen LogP contribution is -2.32. The Labute approximate surface area is 71.5 Å². The van der Waals surface area contributed by atoms with E-state index in [9.17, 15) is 4.79 Å². The molecule has 0 saturated carbocycles. The lowest BCUT2D eigenvalue weighted by atomic mass is 10.3. The van der Waals surface area contributed by atoms with E-state index < -0.39 is 12.1 Å². The molecule has 12 heavy (non-hydrogen) atoms. The van der Waals surface area contributed by atoms with Crippen LogP contribution in [-0.2, 0) is 14.3 Å². The molecular formula is C7H15NO4. The summed E-state index contributed by atoms with van der Waals surface area (Å²) < 4.78 is 9.71. The molecule has 0 aliphatic heterocycles. The number of carboxylic acids is 1. The summed E-state index contributed by atoms with van der Waals surface area (Å²) in [5.41, 5.74) is 5.15. The monoisotopic (exact) mass is 177 g/mol. The second-order valence-electron chi connectivity index (χ2n) is 2.28. The number of hydrogen-bond donors (Lipinski definition) is 2. The van der Waals surface area contributed by atoms with Gasteiger partial charge in [0.1, 0.15) is 0 Å². The lowest BCUT2D eigenvalue weighted by Gasteiger charge is -2.10. The van der Waals surface area contributed by atoms with Gasteiger partial charge in [0, 0.05) is 26.9 Å². The quantitative estimate of drug-likeness (QED) is 0.510. The van der Waals surface area contributed by atoms with Crippen molar-refractivity contribution in [2.75, 3.05) is 26.9 Å². The molecule has 0 aliphatic carbocycles. The Morgan fingerprint density at radius 3 is 2.67 bits per heavy atom. The molecule has 1 unspecified atom stereocenters. The molecule has 0 spiro atoms. The van der Waals surface area contributed by atoms with Gasteiger partial charge in [0.15, 0.2) is 6.10 Å². The first-order valence-electron chi connectivity index (χ1n) is 3.75. The Bertz CT molecular complexity index is 129. The summed E-state index contributed by atoms with van der Waals surface area (Å²) in [5, 5.41) is 8.49. The van der Waals surface area contributed by atoms with Crippen molar-refractivity contribution in [3.8, 4) is 0 Å². The van der Waals surface area contributed by atoms with Gasteiger partial charge in [-0.25, -0.2) is 4.79 Å². The van der Waals surface area contributed by atoms with E-state index in [0.29, 0.717) is 19.6 Å². The van der Waals surface area contributed by atoms with Crippen LogP contribution >= 0.6 is 0 Å². The van der Waals surface area contributed by atoms with Crippen LogP contribution in [0, 0.1) is 0 Å². The molecule has 0 rings (SSSR count). The molecule has 0 aromatic rings. The normalized spacial score (nSPS) is 12.8. The predicted octanol–water partition coefficient (Wildman–Crippen LogP) is -0.549. The number of carbonyl (C=O) groups is 1. The molecule has 3 N–H and O–H groups in total. The number of nitrogens with two attached hydrogens (primary N) is 1. The highest BCUT2D eigenvalue weighted by atomic mass is 16.5. The van der Waals surface area contributed by atoms with Gasteiger partial charge in [0.25, 0.3) is 0 Å². The van der Waals surface area contributed by atoms with Crippen LogP contribution < -0.4 is 5.73 Å². The molecule has 0 aromatic heterocycles. The number of carboxylic acid groups (broad SMARTS) is 1. The fourth-order valence-corrected chi connectivity index (χ4v) is 0.669. The Morgan fingerprint density at radius 1 is 1.58 bits per heavy atom. The lowest BCUT2D eigenvalue weighted by molar-refractivity contribution is -0.149.